The number of hydrogen-bond donors (Lipinski definition) is 1. The standard InChI is InChI=1S/C14H19NOS/c1-10-3-5-12(9-10)15-14(16)8-7-13-6-4-11(2)17-13/h4,6-8,10,12H,3,5,9H2,1-2H3,(H,15,16)/b8-7+. The van der Waals surface area contributed by atoms with Crippen LogP contribution in [-0.2, 0) is 4.79 Å². The van der Waals surface area contributed by atoms with Gasteiger partial charge < -0.3 is 5.32 Å². The summed E-state index contributed by atoms with van der Waals surface area (Å²) in [5.41, 5.74) is 0. The third kappa shape index (κ3) is 3.70. The van der Waals surface area contributed by atoms with E-state index >= 15 is 0 Å². The summed E-state index contributed by atoms with van der Waals surface area (Å²) in [4.78, 5) is 14.1. The van der Waals surface area contributed by atoms with E-state index in [1.807, 2.05) is 12.1 Å². The molecule has 1 fully saturated rings. The van der Waals surface area contributed by atoms with E-state index in [-0.39, 0.29) is 5.91 Å². The van der Waals surface area contributed by atoms with Gasteiger partial charge in [0.05, 0.1) is 0 Å². The minimum atomic E-state index is 0.0372. The second-order valence-corrected chi connectivity index (χ2v) is 6.22. The summed E-state index contributed by atoms with van der Waals surface area (Å²) in [5, 5.41) is 3.07. The van der Waals surface area contributed by atoms with E-state index in [2.05, 4.69) is 25.2 Å². The number of rotatable bonds is 3. The van der Waals surface area contributed by atoms with Crippen molar-refractivity contribution in [3.63, 3.8) is 0 Å². The highest BCUT2D eigenvalue weighted by Gasteiger charge is 2.21. The SMILES string of the molecule is Cc1ccc(/C=C/C(=O)NC2CCC(C)C2)s1. The Labute approximate surface area is 107 Å². The highest BCUT2D eigenvalue weighted by molar-refractivity contribution is 7.12. The summed E-state index contributed by atoms with van der Waals surface area (Å²) >= 11 is 1.71. The number of amides is 1. The molecule has 1 aliphatic rings. The smallest absolute Gasteiger partial charge is 0.244 e. The van der Waals surface area contributed by atoms with Gasteiger partial charge in [0.1, 0.15) is 0 Å². The van der Waals surface area contributed by atoms with Crippen molar-refractivity contribution in [1.29, 1.82) is 0 Å². The zero-order valence-electron chi connectivity index (χ0n) is 10.4. The van der Waals surface area contributed by atoms with E-state index in [0.29, 0.717) is 6.04 Å². The summed E-state index contributed by atoms with van der Waals surface area (Å²) in [6, 6.07) is 4.50. The Morgan fingerprint density at radius 3 is 2.88 bits per heavy atom. The van der Waals surface area contributed by atoms with Crippen molar-refractivity contribution >= 4 is 23.3 Å². The van der Waals surface area contributed by atoms with Crippen molar-refractivity contribution in [2.45, 2.75) is 39.2 Å². The molecule has 1 aromatic rings. The maximum absolute atomic E-state index is 11.7. The van der Waals surface area contributed by atoms with Crippen LogP contribution in [0.25, 0.3) is 6.08 Å². The fourth-order valence-electron chi connectivity index (χ4n) is 2.29. The highest BCUT2D eigenvalue weighted by Crippen LogP contribution is 2.24. The minimum Gasteiger partial charge on any atom is -0.350 e. The van der Waals surface area contributed by atoms with Gasteiger partial charge in [-0.1, -0.05) is 6.92 Å². The molecular formula is C14H19NOS. The number of aryl methyl sites for hydroxylation is 1. The van der Waals surface area contributed by atoms with Gasteiger partial charge in [-0.25, -0.2) is 0 Å². The van der Waals surface area contributed by atoms with E-state index < -0.39 is 0 Å². The molecule has 17 heavy (non-hydrogen) atoms. The van der Waals surface area contributed by atoms with Gasteiger partial charge in [0.25, 0.3) is 0 Å². The normalized spacial score (nSPS) is 24.4. The van der Waals surface area contributed by atoms with E-state index in [1.54, 1.807) is 17.4 Å². The second kappa shape index (κ2) is 5.50. The lowest BCUT2D eigenvalue weighted by Crippen LogP contribution is -2.31. The van der Waals surface area contributed by atoms with Crippen molar-refractivity contribution in [3.05, 3.63) is 28.0 Å². The van der Waals surface area contributed by atoms with Crippen LogP contribution in [0.5, 0.6) is 0 Å². The maximum Gasteiger partial charge on any atom is 0.244 e. The zero-order chi connectivity index (χ0) is 12.3. The molecule has 0 bridgehead atoms. The first kappa shape index (κ1) is 12.4. The van der Waals surface area contributed by atoms with Crippen LogP contribution in [0.4, 0.5) is 0 Å². The summed E-state index contributed by atoms with van der Waals surface area (Å²) in [5.74, 6) is 0.791. The van der Waals surface area contributed by atoms with Crippen LogP contribution in [0.15, 0.2) is 18.2 Å². The maximum atomic E-state index is 11.7. The van der Waals surface area contributed by atoms with Gasteiger partial charge in [0.2, 0.25) is 5.91 Å². The number of nitrogens with one attached hydrogen (secondary N) is 1. The molecule has 1 amide bonds. The van der Waals surface area contributed by atoms with Gasteiger partial charge >= 0.3 is 0 Å². The van der Waals surface area contributed by atoms with Crippen LogP contribution in [0.1, 0.15) is 35.9 Å². The van der Waals surface area contributed by atoms with Crippen LogP contribution >= 0.6 is 11.3 Å². The van der Waals surface area contributed by atoms with Crippen LogP contribution in [0.3, 0.4) is 0 Å². The predicted octanol–water partition coefficient (Wildman–Crippen LogP) is 3.37. The average Bonchev–Trinajstić information content (AvgIpc) is 2.85. The van der Waals surface area contributed by atoms with E-state index in [4.69, 9.17) is 0 Å². The zero-order valence-corrected chi connectivity index (χ0v) is 11.2. The Balaban J connectivity index is 1.83. The van der Waals surface area contributed by atoms with Gasteiger partial charge in [-0.3, -0.25) is 4.79 Å². The van der Waals surface area contributed by atoms with Crippen molar-refractivity contribution in [1.82, 2.24) is 5.32 Å². The number of thiophene rings is 1. The average molecular weight is 249 g/mol. The highest BCUT2D eigenvalue weighted by atomic mass is 32.1. The first-order chi connectivity index (χ1) is 8.13. The Kier molecular flexibility index (Phi) is 4.00. The Morgan fingerprint density at radius 1 is 1.47 bits per heavy atom. The van der Waals surface area contributed by atoms with Crippen molar-refractivity contribution < 1.29 is 4.79 Å². The predicted molar refractivity (Wildman–Crippen MR) is 73.0 cm³/mol. The molecule has 3 heteroatoms. The molecule has 0 saturated heterocycles. The number of hydrogen-bond acceptors (Lipinski definition) is 2. The van der Waals surface area contributed by atoms with Crippen LogP contribution in [0.2, 0.25) is 0 Å². The summed E-state index contributed by atoms with van der Waals surface area (Å²) in [6.45, 7) is 4.32. The van der Waals surface area contributed by atoms with Crippen LogP contribution in [-0.4, -0.2) is 11.9 Å². The number of carbonyl (C=O) groups is 1. The third-order valence-corrected chi connectivity index (χ3v) is 4.17. The molecule has 92 valence electrons. The minimum absolute atomic E-state index is 0.0372. The topological polar surface area (TPSA) is 29.1 Å². The van der Waals surface area contributed by atoms with E-state index in [1.165, 1.54) is 11.3 Å². The lowest BCUT2D eigenvalue weighted by molar-refractivity contribution is -0.117. The molecule has 0 radical (unpaired) electrons. The first-order valence-corrected chi connectivity index (χ1v) is 7.00. The first-order valence-electron chi connectivity index (χ1n) is 6.18. The molecule has 1 N–H and O–H groups in total. The van der Waals surface area contributed by atoms with Gasteiger partial charge in [-0.15, -0.1) is 11.3 Å². The van der Waals surface area contributed by atoms with Crippen molar-refractivity contribution in [3.8, 4) is 0 Å². The molecule has 2 nitrogen and oxygen atoms in total. The molecule has 1 aliphatic carbocycles. The van der Waals surface area contributed by atoms with Gasteiger partial charge in [-0.05, 0) is 50.3 Å². The monoisotopic (exact) mass is 249 g/mol. The molecule has 1 saturated carbocycles. The van der Waals surface area contributed by atoms with E-state index in [0.717, 1.165) is 23.6 Å². The molecule has 1 aromatic heterocycles. The second-order valence-electron chi connectivity index (χ2n) is 4.91. The van der Waals surface area contributed by atoms with Crippen molar-refractivity contribution in [2.24, 2.45) is 5.92 Å². The molecule has 2 unspecified atom stereocenters. The molecule has 2 atom stereocenters. The molecule has 0 spiro atoms. The van der Waals surface area contributed by atoms with Gasteiger partial charge in [0.15, 0.2) is 0 Å². The summed E-state index contributed by atoms with van der Waals surface area (Å²) in [7, 11) is 0. The fraction of sp³-hybridized carbons (Fsp3) is 0.500. The van der Waals surface area contributed by atoms with Crippen LogP contribution < -0.4 is 5.32 Å². The molecular weight excluding hydrogens is 230 g/mol. The van der Waals surface area contributed by atoms with Gasteiger partial charge in [-0.2, -0.15) is 0 Å². The summed E-state index contributed by atoms with van der Waals surface area (Å²) < 4.78 is 0. The molecule has 1 heterocycles. The van der Waals surface area contributed by atoms with E-state index in [9.17, 15) is 4.79 Å². The Bertz CT molecular complexity index is 422. The quantitative estimate of drug-likeness (QED) is 0.818. The van der Waals surface area contributed by atoms with Crippen molar-refractivity contribution in [2.75, 3.05) is 0 Å². The van der Waals surface area contributed by atoms with Gasteiger partial charge in [0, 0.05) is 21.9 Å². The lowest BCUT2D eigenvalue weighted by atomic mass is 10.1. The Hall–Kier alpha value is -1.09. The molecule has 0 aromatic carbocycles. The molecule has 0 aliphatic heterocycles. The summed E-state index contributed by atoms with van der Waals surface area (Å²) in [6.07, 6.45) is 7.02. The Morgan fingerprint density at radius 2 is 2.29 bits per heavy atom. The van der Waals surface area contributed by atoms with Crippen LogP contribution in [0, 0.1) is 12.8 Å². The molecule has 2 rings (SSSR count). The lowest BCUT2D eigenvalue weighted by Gasteiger charge is -2.09. The number of carbonyl (C=O) groups excluding carboxylic acids is 1. The fourth-order valence-corrected chi connectivity index (χ4v) is 3.07. The third-order valence-electron chi connectivity index (χ3n) is 3.20. The largest absolute Gasteiger partial charge is 0.350 e.